The minimum absolute atomic E-state index is 0.0126. The predicted molar refractivity (Wildman–Crippen MR) is 72.7 cm³/mol. The molecule has 1 amide bonds. The summed E-state index contributed by atoms with van der Waals surface area (Å²) in [6, 6.07) is -0.454. The fraction of sp³-hybridized carbons (Fsp3) is 0.692. The lowest BCUT2D eigenvalue weighted by Gasteiger charge is -2.38. The van der Waals surface area contributed by atoms with E-state index in [-0.39, 0.29) is 11.3 Å². The highest BCUT2D eigenvalue weighted by Crippen LogP contribution is 2.39. The van der Waals surface area contributed by atoms with E-state index in [2.05, 4.69) is 20.7 Å². The molecule has 21 heavy (non-hydrogen) atoms. The number of likely N-dealkylation sites (tertiary alicyclic amines) is 1. The highest BCUT2D eigenvalue weighted by molar-refractivity contribution is 5.93. The number of aliphatic carboxylic acids is 1. The topological polar surface area (TPSA) is 111 Å². The second-order valence-corrected chi connectivity index (χ2v) is 6.03. The summed E-state index contributed by atoms with van der Waals surface area (Å²) in [7, 11) is 0. The Bertz CT molecular complexity index is 562. The Balaban J connectivity index is 1.62. The van der Waals surface area contributed by atoms with Gasteiger partial charge in [-0.2, -0.15) is 15.4 Å². The fourth-order valence-electron chi connectivity index (χ4n) is 3.29. The van der Waals surface area contributed by atoms with Crippen LogP contribution in [0.4, 0.5) is 0 Å². The van der Waals surface area contributed by atoms with Crippen LogP contribution in [0.25, 0.3) is 0 Å². The minimum Gasteiger partial charge on any atom is -0.480 e. The number of H-pyrrole nitrogens is 1. The van der Waals surface area contributed by atoms with Crippen molar-refractivity contribution in [3.8, 4) is 0 Å². The third kappa shape index (κ3) is 2.51. The van der Waals surface area contributed by atoms with Gasteiger partial charge in [0.2, 0.25) is 0 Å². The van der Waals surface area contributed by atoms with E-state index >= 15 is 0 Å². The molecule has 8 nitrogen and oxygen atoms in total. The van der Waals surface area contributed by atoms with Gasteiger partial charge in [0.1, 0.15) is 6.04 Å². The van der Waals surface area contributed by atoms with Crippen molar-refractivity contribution in [2.75, 3.05) is 19.6 Å². The van der Waals surface area contributed by atoms with Gasteiger partial charge in [-0.3, -0.25) is 9.59 Å². The van der Waals surface area contributed by atoms with Crippen molar-refractivity contribution in [1.29, 1.82) is 0 Å². The normalized spacial score (nSPS) is 24.4. The van der Waals surface area contributed by atoms with Crippen LogP contribution in [0, 0.1) is 12.3 Å². The summed E-state index contributed by atoms with van der Waals surface area (Å²) in [5.74, 6) is -0.888. The van der Waals surface area contributed by atoms with Crippen LogP contribution in [0.5, 0.6) is 0 Å². The van der Waals surface area contributed by atoms with E-state index in [0.29, 0.717) is 30.9 Å². The summed E-state index contributed by atoms with van der Waals surface area (Å²) in [6.45, 7) is 3.74. The summed E-state index contributed by atoms with van der Waals surface area (Å²) < 4.78 is 0. The molecule has 1 aromatic rings. The largest absolute Gasteiger partial charge is 0.480 e. The maximum atomic E-state index is 12.4. The van der Waals surface area contributed by atoms with E-state index in [1.165, 1.54) is 0 Å². The molecule has 1 unspecified atom stereocenters. The number of carbonyl (C=O) groups is 2. The zero-order valence-corrected chi connectivity index (χ0v) is 11.9. The summed E-state index contributed by atoms with van der Waals surface area (Å²) in [5, 5.41) is 22.4. The molecular weight excluding hydrogens is 274 g/mol. The van der Waals surface area contributed by atoms with Crippen molar-refractivity contribution < 1.29 is 14.7 Å². The maximum Gasteiger partial charge on any atom is 0.320 e. The van der Waals surface area contributed by atoms with Crippen LogP contribution in [0.1, 0.15) is 35.4 Å². The van der Waals surface area contributed by atoms with Gasteiger partial charge in [0.05, 0.1) is 5.69 Å². The number of nitrogens with one attached hydrogen (secondary N) is 2. The number of piperidine rings is 1. The van der Waals surface area contributed by atoms with Crippen LogP contribution in [0.15, 0.2) is 0 Å². The van der Waals surface area contributed by atoms with Crippen LogP contribution in [-0.4, -0.2) is 63.0 Å². The molecule has 2 saturated heterocycles. The van der Waals surface area contributed by atoms with Gasteiger partial charge in [0, 0.05) is 19.6 Å². The molecule has 2 aliphatic heterocycles. The number of aromatic amines is 1. The van der Waals surface area contributed by atoms with E-state index in [1.54, 1.807) is 11.8 Å². The van der Waals surface area contributed by atoms with Gasteiger partial charge in [-0.05, 0) is 31.6 Å². The van der Waals surface area contributed by atoms with Gasteiger partial charge in [-0.25, -0.2) is 0 Å². The van der Waals surface area contributed by atoms with Crippen LogP contribution in [-0.2, 0) is 4.79 Å². The average Bonchev–Trinajstić information content (AvgIpc) is 3.06. The van der Waals surface area contributed by atoms with Gasteiger partial charge in [-0.1, -0.05) is 0 Å². The Kier molecular flexibility index (Phi) is 3.40. The third-order valence-electron chi connectivity index (χ3n) is 4.69. The molecule has 2 aliphatic rings. The van der Waals surface area contributed by atoms with Gasteiger partial charge >= 0.3 is 5.97 Å². The Morgan fingerprint density at radius 3 is 2.57 bits per heavy atom. The lowest BCUT2D eigenvalue weighted by molar-refractivity contribution is -0.139. The van der Waals surface area contributed by atoms with E-state index in [9.17, 15) is 9.59 Å². The quantitative estimate of drug-likeness (QED) is 0.695. The molecule has 0 bridgehead atoms. The van der Waals surface area contributed by atoms with Gasteiger partial charge in [0.15, 0.2) is 5.69 Å². The number of aryl methyl sites for hydroxylation is 1. The zero-order chi connectivity index (χ0) is 15.0. The molecule has 3 heterocycles. The van der Waals surface area contributed by atoms with Crippen LogP contribution in [0.3, 0.4) is 0 Å². The SMILES string of the molecule is Cc1n[nH]nc1C(=O)N1CCC2(CC1)CNC(C(=O)O)C2. The summed E-state index contributed by atoms with van der Waals surface area (Å²) >= 11 is 0. The molecular formula is C13H19N5O3. The Hall–Kier alpha value is -1.96. The van der Waals surface area contributed by atoms with Crippen molar-refractivity contribution >= 4 is 11.9 Å². The zero-order valence-electron chi connectivity index (χ0n) is 11.9. The second-order valence-electron chi connectivity index (χ2n) is 6.03. The minimum atomic E-state index is -0.788. The van der Waals surface area contributed by atoms with Crippen LogP contribution in [0.2, 0.25) is 0 Å². The number of nitrogens with zero attached hydrogens (tertiary/aromatic N) is 3. The molecule has 0 aromatic carbocycles. The molecule has 8 heteroatoms. The van der Waals surface area contributed by atoms with Gasteiger partial charge < -0.3 is 15.3 Å². The standard InChI is InChI=1S/C13H19N5O3/c1-8-10(16-17-15-8)11(19)18-4-2-13(3-5-18)6-9(12(20)21)14-7-13/h9,14H,2-7H2,1H3,(H,20,21)(H,15,16,17). The van der Waals surface area contributed by atoms with Crippen molar-refractivity contribution in [3.63, 3.8) is 0 Å². The highest BCUT2D eigenvalue weighted by atomic mass is 16.4. The molecule has 2 fully saturated rings. The van der Waals surface area contributed by atoms with Crippen LogP contribution < -0.4 is 5.32 Å². The molecule has 0 saturated carbocycles. The molecule has 1 spiro atoms. The van der Waals surface area contributed by atoms with E-state index in [4.69, 9.17) is 5.11 Å². The first kappa shape index (κ1) is 14.0. The van der Waals surface area contributed by atoms with Crippen molar-refractivity contribution in [2.24, 2.45) is 5.41 Å². The number of hydrogen-bond acceptors (Lipinski definition) is 5. The molecule has 1 aromatic heterocycles. The predicted octanol–water partition coefficient (Wildman–Crippen LogP) is -0.218. The first-order valence-corrected chi connectivity index (χ1v) is 7.14. The molecule has 1 atom stereocenters. The molecule has 3 N–H and O–H groups in total. The smallest absolute Gasteiger partial charge is 0.320 e. The maximum absolute atomic E-state index is 12.4. The van der Waals surface area contributed by atoms with E-state index < -0.39 is 12.0 Å². The second kappa shape index (κ2) is 5.10. The molecule has 0 radical (unpaired) electrons. The molecule has 3 rings (SSSR count). The number of carbonyl (C=O) groups excluding carboxylic acids is 1. The van der Waals surface area contributed by atoms with Crippen molar-refractivity contribution in [1.82, 2.24) is 25.6 Å². The van der Waals surface area contributed by atoms with Crippen LogP contribution >= 0.6 is 0 Å². The Morgan fingerprint density at radius 1 is 1.33 bits per heavy atom. The average molecular weight is 293 g/mol. The first-order chi connectivity index (χ1) is 10.0. The van der Waals surface area contributed by atoms with Crippen molar-refractivity contribution in [2.45, 2.75) is 32.2 Å². The monoisotopic (exact) mass is 293 g/mol. The lowest BCUT2D eigenvalue weighted by atomic mass is 9.76. The number of hydrogen-bond donors (Lipinski definition) is 3. The first-order valence-electron chi connectivity index (χ1n) is 7.14. The molecule has 114 valence electrons. The number of aromatic nitrogens is 3. The number of carboxylic acid groups (broad SMARTS) is 1. The molecule has 0 aliphatic carbocycles. The van der Waals surface area contributed by atoms with Crippen molar-refractivity contribution in [3.05, 3.63) is 11.4 Å². The fourth-order valence-corrected chi connectivity index (χ4v) is 3.29. The summed E-state index contributed by atoms with van der Waals surface area (Å²) in [5.41, 5.74) is 0.992. The van der Waals surface area contributed by atoms with E-state index in [1.807, 2.05) is 0 Å². The summed E-state index contributed by atoms with van der Waals surface area (Å²) in [4.78, 5) is 25.2. The summed E-state index contributed by atoms with van der Waals surface area (Å²) in [6.07, 6.45) is 2.30. The Labute approximate surface area is 121 Å². The number of amides is 1. The van der Waals surface area contributed by atoms with Gasteiger partial charge in [-0.15, -0.1) is 0 Å². The van der Waals surface area contributed by atoms with Gasteiger partial charge in [0.25, 0.3) is 5.91 Å². The Morgan fingerprint density at radius 2 is 2.05 bits per heavy atom. The van der Waals surface area contributed by atoms with E-state index in [0.717, 1.165) is 19.4 Å². The highest BCUT2D eigenvalue weighted by Gasteiger charge is 2.44. The number of carboxylic acids is 1. The number of rotatable bonds is 2. The lowest BCUT2D eigenvalue weighted by Crippen LogP contribution is -2.44. The third-order valence-corrected chi connectivity index (χ3v) is 4.69.